The van der Waals surface area contributed by atoms with E-state index in [1.807, 2.05) is 24.4 Å². The highest BCUT2D eigenvalue weighted by atomic mass is 15.3. The van der Waals surface area contributed by atoms with Gasteiger partial charge >= 0.3 is 0 Å². The third-order valence-electron chi connectivity index (χ3n) is 4.14. The Balaban J connectivity index is 1.61. The smallest absolute Gasteiger partial charge is 0.0600 e. The number of aromatic nitrogens is 1. The summed E-state index contributed by atoms with van der Waals surface area (Å²) in [5.74, 6) is 0. The van der Waals surface area contributed by atoms with Crippen molar-refractivity contribution in [3.63, 3.8) is 0 Å². The highest BCUT2D eigenvalue weighted by Gasteiger charge is 2.19. The van der Waals surface area contributed by atoms with Crippen LogP contribution in [0.3, 0.4) is 0 Å². The molecule has 0 aliphatic carbocycles. The van der Waals surface area contributed by atoms with Crippen molar-refractivity contribution in [3.05, 3.63) is 53.9 Å². The van der Waals surface area contributed by atoms with Gasteiger partial charge in [-0.1, -0.05) is 18.2 Å². The standard InChI is InChI=1S/C17H22N4/c1-14-5-4-8-19-16(14)13-20-9-11-21(12-10-20)17-7-3-2-6-15(17)18/h2-8H,9-13,18H2,1H3. The molecular formula is C17H22N4. The number of aryl methyl sites for hydroxylation is 1. The molecule has 1 aliphatic heterocycles. The van der Waals surface area contributed by atoms with Crippen LogP contribution in [-0.2, 0) is 6.54 Å². The normalized spacial score (nSPS) is 16.1. The van der Waals surface area contributed by atoms with Gasteiger partial charge in [-0.3, -0.25) is 9.88 Å². The summed E-state index contributed by atoms with van der Waals surface area (Å²) in [6.45, 7) is 7.18. The SMILES string of the molecule is Cc1cccnc1CN1CCN(c2ccccc2N)CC1. The maximum Gasteiger partial charge on any atom is 0.0600 e. The van der Waals surface area contributed by atoms with E-state index in [9.17, 15) is 0 Å². The summed E-state index contributed by atoms with van der Waals surface area (Å²) in [5, 5.41) is 0. The van der Waals surface area contributed by atoms with Crippen molar-refractivity contribution < 1.29 is 0 Å². The van der Waals surface area contributed by atoms with Crippen LogP contribution in [0.2, 0.25) is 0 Å². The summed E-state index contributed by atoms with van der Waals surface area (Å²) >= 11 is 0. The number of nitrogens with zero attached hydrogens (tertiary/aromatic N) is 3. The van der Waals surface area contributed by atoms with E-state index in [2.05, 4.69) is 39.9 Å². The zero-order valence-electron chi connectivity index (χ0n) is 12.5. The van der Waals surface area contributed by atoms with E-state index in [0.29, 0.717) is 0 Å². The second kappa shape index (κ2) is 6.14. The summed E-state index contributed by atoms with van der Waals surface area (Å²) in [6, 6.07) is 12.2. The van der Waals surface area contributed by atoms with Crippen molar-refractivity contribution in [2.24, 2.45) is 0 Å². The van der Waals surface area contributed by atoms with Crippen LogP contribution in [0.5, 0.6) is 0 Å². The predicted octanol–water partition coefficient (Wildman–Crippen LogP) is 2.29. The van der Waals surface area contributed by atoms with Crippen molar-refractivity contribution in [1.29, 1.82) is 0 Å². The van der Waals surface area contributed by atoms with Crippen molar-refractivity contribution in [2.45, 2.75) is 13.5 Å². The average Bonchev–Trinajstić information content (AvgIpc) is 2.51. The van der Waals surface area contributed by atoms with Gasteiger partial charge in [0.15, 0.2) is 0 Å². The third kappa shape index (κ3) is 3.16. The molecule has 0 radical (unpaired) electrons. The van der Waals surface area contributed by atoms with Crippen LogP contribution in [0.15, 0.2) is 42.6 Å². The Labute approximate surface area is 126 Å². The molecule has 0 bridgehead atoms. The Morgan fingerprint density at radius 3 is 2.52 bits per heavy atom. The minimum absolute atomic E-state index is 0.867. The second-order valence-corrected chi connectivity index (χ2v) is 5.59. The monoisotopic (exact) mass is 282 g/mol. The molecule has 0 saturated carbocycles. The first-order valence-electron chi connectivity index (χ1n) is 7.46. The lowest BCUT2D eigenvalue weighted by Gasteiger charge is -2.36. The fourth-order valence-electron chi connectivity index (χ4n) is 2.82. The van der Waals surface area contributed by atoms with Gasteiger partial charge in [-0.15, -0.1) is 0 Å². The number of benzene rings is 1. The second-order valence-electron chi connectivity index (χ2n) is 5.59. The molecule has 1 aromatic heterocycles. The summed E-state index contributed by atoms with van der Waals surface area (Å²) < 4.78 is 0. The van der Waals surface area contributed by atoms with E-state index < -0.39 is 0 Å². The Morgan fingerprint density at radius 2 is 1.81 bits per heavy atom. The number of para-hydroxylation sites is 2. The Bertz CT molecular complexity index is 603. The third-order valence-corrected chi connectivity index (χ3v) is 4.14. The maximum atomic E-state index is 6.06. The zero-order chi connectivity index (χ0) is 14.7. The fraction of sp³-hybridized carbons (Fsp3) is 0.353. The number of pyridine rings is 1. The lowest BCUT2D eigenvalue weighted by molar-refractivity contribution is 0.246. The molecule has 4 nitrogen and oxygen atoms in total. The molecule has 0 atom stereocenters. The Hall–Kier alpha value is -2.07. The molecule has 1 aliphatic rings. The number of nitrogens with two attached hydrogens (primary N) is 1. The number of rotatable bonds is 3. The van der Waals surface area contributed by atoms with Crippen LogP contribution in [0.25, 0.3) is 0 Å². The van der Waals surface area contributed by atoms with Crippen molar-refractivity contribution in [2.75, 3.05) is 36.8 Å². The first kappa shape index (κ1) is 13.9. The summed E-state index contributed by atoms with van der Waals surface area (Å²) in [7, 11) is 0. The summed E-state index contributed by atoms with van der Waals surface area (Å²) in [5.41, 5.74) is 10.5. The Kier molecular flexibility index (Phi) is 4.06. The molecule has 1 saturated heterocycles. The molecule has 1 aromatic carbocycles. The molecule has 21 heavy (non-hydrogen) atoms. The number of anilines is 2. The topological polar surface area (TPSA) is 45.4 Å². The molecule has 0 unspecified atom stereocenters. The lowest BCUT2D eigenvalue weighted by Crippen LogP contribution is -2.46. The molecule has 110 valence electrons. The number of hydrogen-bond donors (Lipinski definition) is 1. The minimum atomic E-state index is 0.867. The molecular weight excluding hydrogens is 260 g/mol. The summed E-state index contributed by atoms with van der Waals surface area (Å²) in [4.78, 5) is 9.32. The first-order chi connectivity index (χ1) is 10.2. The highest BCUT2D eigenvalue weighted by molar-refractivity contribution is 5.67. The van der Waals surface area contributed by atoms with Crippen LogP contribution in [0.4, 0.5) is 11.4 Å². The molecule has 0 amide bonds. The first-order valence-corrected chi connectivity index (χ1v) is 7.46. The van der Waals surface area contributed by atoms with E-state index in [4.69, 9.17) is 5.73 Å². The number of hydrogen-bond acceptors (Lipinski definition) is 4. The van der Waals surface area contributed by atoms with Gasteiger partial charge < -0.3 is 10.6 Å². The van der Waals surface area contributed by atoms with E-state index in [1.54, 1.807) is 0 Å². The summed E-state index contributed by atoms with van der Waals surface area (Å²) in [6.07, 6.45) is 1.88. The fourth-order valence-corrected chi connectivity index (χ4v) is 2.82. The van der Waals surface area contributed by atoms with Crippen LogP contribution in [0.1, 0.15) is 11.3 Å². The van der Waals surface area contributed by atoms with Crippen LogP contribution in [0, 0.1) is 6.92 Å². The van der Waals surface area contributed by atoms with Gasteiger partial charge in [0.1, 0.15) is 0 Å². The van der Waals surface area contributed by atoms with Crippen LogP contribution < -0.4 is 10.6 Å². The zero-order valence-corrected chi connectivity index (χ0v) is 12.5. The lowest BCUT2D eigenvalue weighted by atomic mass is 10.2. The number of piperazine rings is 1. The van der Waals surface area contributed by atoms with Crippen molar-refractivity contribution >= 4 is 11.4 Å². The Morgan fingerprint density at radius 1 is 1.05 bits per heavy atom. The largest absolute Gasteiger partial charge is 0.397 e. The molecule has 2 heterocycles. The quantitative estimate of drug-likeness (QED) is 0.877. The van der Waals surface area contributed by atoms with Gasteiger partial charge in [-0.25, -0.2) is 0 Å². The van der Waals surface area contributed by atoms with Gasteiger partial charge in [0, 0.05) is 38.9 Å². The number of nitrogen functional groups attached to an aromatic ring is 1. The van der Waals surface area contributed by atoms with E-state index in [1.165, 1.54) is 11.3 Å². The van der Waals surface area contributed by atoms with Gasteiger partial charge in [0.25, 0.3) is 0 Å². The molecule has 3 rings (SSSR count). The minimum Gasteiger partial charge on any atom is -0.397 e. The predicted molar refractivity (Wildman–Crippen MR) is 87.3 cm³/mol. The van der Waals surface area contributed by atoms with Crippen molar-refractivity contribution in [1.82, 2.24) is 9.88 Å². The van der Waals surface area contributed by atoms with Gasteiger partial charge in [0.05, 0.1) is 17.1 Å². The maximum absolute atomic E-state index is 6.06. The van der Waals surface area contributed by atoms with Crippen LogP contribution in [-0.4, -0.2) is 36.1 Å². The van der Waals surface area contributed by atoms with E-state index in [-0.39, 0.29) is 0 Å². The van der Waals surface area contributed by atoms with Crippen LogP contribution >= 0.6 is 0 Å². The average molecular weight is 282 g/mol. The van der Waals surface area contributed by atoms with Gasteiger partial charge in [-0.2, -0.15) is 0 Å². The van der Waals surface area contributed by atoms with E-state index in [0.717, 1.165) is 44.1 Å². The highest BCUT2D eigenvalue weighted by Crippen LogP contribution is 2.23. The molecule has 0 spiro atoms. The molecule has 2 aromatic rings. The molecule has 1 fully saturated rings. The molecule has 2 N–H and O–H groups in total. The van der Waals surface area contributed by atoms with Crippen molar-refractivity contribution in [3.8, 4) is 0 Å². The van der Waals surface area contributed by atoms with Gasteiger partial charge in [-0.05, 0) is 30.7 Å². The van der Waals surface area contributed by atoms with Gasteiger partial charge in [0.2, 0.25) is 0 Å². The van der Waals surface area contributed by atoms with E-state index >= 15 is 0 Å². The molecule has 4 heteroatoms.